The van der Waals surface area contributed by atoms with Crippen LogP contribution in [-0.2, 0) is 6.54 Å². The quantitative estimate of drug-likeness (QED) is 0.507. The SMILES string of the molecule is O=C(Nc1ccccc1)c1cnc(N(Cc2ccccc2)c2ccccc2)cn1. The summed E-state index contributed by atoms with van der Waals surface area (Å²) in [6.07, 6.45) is 3.14. The Bertz CT molecular complexity index is 1050. The number of anilines is 3. The van der Waals surface area contributed by atoms with E-state index in [9.17, 15) is 4.79 Å². The first kappa shape index (κ1) is 18.4. The van der Waals surface area contributed by atoms with Gasteiger partial charge in [-0.15, -0.1) is 0 Å². The molecule has 1 amide bonds. The summed E-state index contributed by atoms with van der Waals surface area (Å²) in [6, 6.07) is 29.5. The monoisotopic (exact) mass is 380 g/mol. The molecule has 0 saturated heterocycles. The van der Waals surface area contributed by atoms with Gasteiger partial charge in [-0.2, -0.15) is 0 Å². The second kappa shape index (κ2) is 8.80. The van der Waals surface area contributed by atoms with Gasteiger partial charge >= 0.3 is 0 Å². The van der Waals surface area contributed by atoms with Crippen molar-refractivity contribution >= 4 is 23.1 Å². The Balaban J connectivity index is 1.57. The van der Waals surface area contributed by atoms with E-state index in [1.807, 2.05) is 78.9 Å². The molecule has 1 heterocycles. The minimum Gasteiger partial charge on any atom is -0.321 e. The molecule has 142 valence electrons. The average molecular weight is 380 g/mol. The van der Waals surface area contributed by atoms with Crippen molar-refractivity contribution in [3.05, 3.63) is 115 Å². The summed E-state index contributed by atoms with van der Waals surface area (Å²) >= 11 is 0. The first-order valence-electron chi connectivity index (χ1n) is 9.34. The Morgan fingerprint density at radius 1 is 0.759 bits per heavy atom. The standard InChI is InChI=1S/C24H20N4O/c29-24(27-20-12-6-2-7-13-20)22-16-26-23(17-25-22)28(21-14-8-3-9-15-21)18-19-10-4-1-5-11-19/h1-17H,18H2,(H,27,29). The van der Waals surface area contributed by atoms with Gasteiger partial charge < -0.3 is 10.2 Å². The van der Waals surface area contributed by atoms with Gasteiger partial charge in [0, 0.05) is 17.9 Å². The number of amides is 1. The minimum atomic E-state index is -0.287. The molecule has 0 spiro atoms. The molecular formula is C24H20N4O. The van der Waals surface area contributed by atoms with Gasteiger partial charge in [0.15, 0.2) is 5.82 Å². The molecule has 4 aromatic rings. The first-order valence-corrected chi connectivity index (χ1v) is 9.34. The fourth-order valence-electron chi connectivity index (χ4n) is 2.97. The van der Waals surface area contributed by atoms with Crippen molar-refractivity contribution in [2.75, 3.05) is 10.2 Å². The van der Waals surface area contributed by atoms with Crippen LogP contribution in [0.2, 0.25) is 0 Å². The van der Waals surface area contributed by atoms with E-state index in [0.717, 1.165) is 16.9 Å². The minimum absolute atomic E-state index is 0.269. The average Bonchev–Trinajstić information content (AvgIpc) is 2.79. The number of carbonyl (C=O) groups excluding carboxylic acids is 1. The van der Waals surface area contributed by atoms with Crippen LogP contribution in [0.4, 0.5) is 17.2 Å². The van der Waals surface area contributed by atoms with Crippen LogP contribution < -0.4 is 10.2 Å². The maximum absolute atomic E-state index is 12.4. The van der Waals surface area contributed by atoms with E-state index < -0.39 is 0 Å². The van der Waals surface area contributed by atoms with E-state index in [-0.39, 0.29) is 11.6 Å². The summed E-state index contributed by atoms with van der Waals surface area (Å²) < 4.78 is 0. The number of aromatic nitrogens is 2. The second-order valence-electron chi connectivity index (χ2n) is 6.49. The summed E-state index contributed by atoms with van der Waals surface area (Å²) in [4.78, 5) is 23.4. The number of rotatable bonds is 6. The number of nitrogens with one attached hydrogen (secondary N) is 1. The van der Waals surface area contributed by atoms with Crippen LogP contribution in [0, 0.1) is 0 Å². The van der Waals surface area contributed by atoms with Crippen LogP contribution in [0.1, 0.15) is 16.1 Å². The number of hydrogen-bond acceptors (Lipinski definition) is 4. The molecule has 0 unspecified atom stereocenters. The highest BCUT2D eigenvalue weighted by atomic mass is 16.1. The molecule has 0 aliphatic carbocycles. The van der Waals surface area contributed by atoms with Crippen LogP contribution in [0.25, 0.3) is 0 Å². The zero-order valence-corrected chi connectivity index (χ0v) is 15.8. The van der Waals surface area contributed by atoms with Gasteiger partial charge in [0.25, 0.3) is 5.91 Å². The van der Waals surface area contributed by atoms with Crippen LogP contribution in [-0.4, -0.2) is 15.9 Å². The van der Waals surface area contributed by atoms with E-state index in [0.29, 0.717) is 12.4 Å². The molecule has 0 saturated carbocycles. The normalized spacial score (nSPS) is 10.3. The molecule has 0 atom stereocenters. The van der Waals surface area contributed by atoms with Gasteiger partial charge in [0.1, 0.15) is 5.69 Å². The van der Waals surface area contributed by atoms with Crippen molar-refractivity contribution in [2.24, 2.45) is 0 Å². The molecule has 5 nitrogen and oxygen atoms in total. The molecule has 0 aliphatic rings. The summed E-state index contributed by atoms with van der Waals surface area (Å²) in [6.45, 7) is 0.648. The first-order chi connectivity index (χ1) is 14.3. The maximum Gasteiger partial charge on any atom is 0.275 e. The molecule has 4 rings (SSSR count). The lowest BCUT2D eigenvalue weighted by atomic mass is 10.2. The number of para-hydroxylation sites is 2. The van der Waals surface area contributed by atoms with Gasteiger partial charge in [0.2, 0.25) is 0 Å². The lowest BCUT2D eigenvalue weighted by molar-refractivity contribution is 0.102. The van der Waals surface area contributed by atoms with Gasteiger partial charge in [-0.1, -0.05) is 66.7 Å². The number of hydrogen-bond donors (Lipinski definition) is 1. The van der Waals surface area contributed by atoms with Crippen molar-refractivity contribution in [3.63, 3.8) is 0 Å². The lowest BCUT2D eigenvalue weighted by Crippen LogP contribution is -2.19. The van der Waals surface area contributed by atoms with Gasteiger partial charge in [-0.25, -0.2) is 9.97 Å². The van der Waals surface area contributed by atoms with Gasteiger partial charge in [-0.3, -0.25) is 4.79 Å². The predicted octanol–water partition coefficient (Wildman–Crippen LogP) is 5.07. The zero-order chi connectivity index (χ0) is 19.9. The molecule has 0 radical (unpaired) electrons. The fraction of sp³-hybridized carbons (Fsp3) is 0.0417. The van der Waals surface area contributed by atoms with Crippen LogP contribution in [0.15, 0.2) is 103 Å². The highest BCUT2D eigenvalue weighted by molar-refractivity contribution is 6.02. The summed E-state index contributed by atoms with van der Waals surface area (Å²) in [7, 11) is 0. The number of benzene rings is 3. The van der Waals surface area contributed by atoms with E-state index in [1.165, 1.54) is 6.20 Å². The third kappa shape index (κ3) is 4.65. The highest BCUT2D eigenvalue weighted by Gasteiger charge is 2.14. The van der Waals surface area contributed by atoms with E-state index >= 15 is 0 Å². The molecule has 1 aromatic heterocycles. The smallest absolute Gasteiger partial charge is 0.275 e. The summed E-state index contributed by atoms with van der Waals surface area (Å²) in [5, 5.41) is 2.82. The van der Waals surface area contributed by atoms with Crippen LogP contribution in [0.5, 0.6) is 0 Å². The molecule has 0 fully saturated rings. The lowest BCUT2D eigenvalue weighted by Gasteiger charge is -2.23. The Kier molecular flexibility index (Phi) is 5.58. The molecule has 29 heavy (non-hydrogen) atoms. The second-order valence-corrected chi connectivity index (χ2v) is 6.49. The van der Waals surface area contributed by atoms with E-state index in [2.05, 4.69) is 32.3 Å². The molecular weight excluding hydrogens is 360 g/mol. The topological polar surface area (TPSA) is 58.1 Å². The van der Waals surface area contributed by atoms with E-state index in [1.54, 1.807) is 6.20 Å². The van der Waals surface area contributed by atoms with Crippen molar-refractivity contribution in [2.45, 2.75) is 6.54 Å². The number of carbonyl (C=O) groups is 1. The highest BCUT2D eigenvalue weighted by Crippen LogP contribution is 2.25. The Hall–Kier alpha value is -3.99. The third-order valence-electron chi connectivity index (χ3n) is 4.43. The Labute approximate surface area is 169 Å². The molecule has 5 heteroatoms. The summed E-state index contributed by atoms with van der Waals surface area (Å²) in [5.41, 5.74) is 3.15. The van der Waals surface area contributed by atoms with Crippen molar-refractivity contribution < 1.29 is 4.79 Å². The molecule has 1 N–H and O–H groups in total. The number of nitrogens with zero attached hydrogens (tertiary/aromatic N) is 3. The summed E-state index contributed by atoms with van der Waals surface area (Å²) in [5.74, 6) is 0.390. The zero-order valence-electron chi connectivity index (χ0n) is 15.8. The van der Waals surface area contributed by atoms with Crippen LogP contribution >= 0.6 is 0 Å². The fourth-order valence-corrected chi connectivity index (χ4v) is 2.97. The van der Waals surface area contributed by atoms with Crippen LogP contribution in [0.3, 0.4) is 0 Å². The Morgan fingerprint density at radius 2 is 1.38 bits per heavy atom. The molecule has 3 aromatic carbocycles. The predicted molar refractivity (Wildman–Crippen MR) is 115 cm³/mol. The van der Waals surface area contributed by atoms with Crippen molar-refractivity contribution in [1.29, 1.82) is 0 Å². The van der Waals surface area contributed by atoms with Crippen molar-refractivity contribution in [1.82, 2.24) is 9.97 Å². The third-order valence-corrected chi connectivity index (χ3v) is 4.43. The van der Waals surface area contributed by atoms with Gasteiger partial charge in [0.05, 0.1) is 12.4 Å². The van der Waals surface area contributed by atoms with Gasteiger partial charge in [-0.05, 0) is 29.8 Å². The maximum atomic E-state index is 12.4. The van der Waals surface area contributed by atoms with E-state index in [4.69, 9.17) is 0 Å². The largest absolute Gasteiger partial charge is 0.321 e. The molecule has 0 aliphatic heterocycles. The van der Waals surface area contributed by atoms with Crippen molar-refractivity contribution in [3.8, 4) is 0 Å². The Morgan fingerprint density at radius 3 is 2.00 bits per heavy atom. The molecule has 0 bridgehead atoms.